The third kappa shape index (κ3) is 2.91. The SMILES string of the molecule is CCC1CC1NC(=O)C(C)C(N)c1ccccc1. The molecule has 0 aliphatic heterocycles. The first-order valence-electron chi connectivity index (χ1n) is 6.74. The molecular weight excluding hydrogens is 224 g/mol. The molecule has 0 heterocycles. The second-order valence-electron chi connectivity index (χ2n) is 5.24. The lowest BCUT2D eigenvalue weighted by molar-refractivity contribution is -0.125. The minimum absolute atomic E-state index is 0.0762. The lowest BCUT2D eigenvalue weighted by atomic mass is 9.94. The fraction of sp³-hybridized carbons (Fsp3) is 0.533. The molecule has 3 heteroatoms. The molecule has 0 aromatic heterocycles. The van der Waals surface area contributed by atoms with Crippen molar-refractivity contribution in [3.63, 3.8) is 0 Å². The second kappa shape index (κ2) is 5.53. The van der Waals surface area contributed by atoms with Gasteiger partial charge in [-0.05, 0) is 17.9 Å². The quantitative estimate of drug-likeness (QED) is 0.837. The van der Waals surface area contributed by atoms with Gasteiger partial charge >= 0.3 is 0 Å². The smallest absolute Gasteiger partial charge is 0.224 e. The Morgan fingerprint density at radius 3 is 2.67 bits per heavy atom. The minimum atomic E-state index is -0.231. The summed E-state index contributed by atoms with van der Waals surface area (Å²) in [5.74, 6) is 0.562. The number of hydrogen-bond acceptors (Lipinski definition) is 2. The van der Waals surface area contributed by atoms with Crippen LogP contribution in [-0.2, 0) is 4.79 Å². The van der Waals surface area contributed by atoms with Crippen molar-refractivity contribution in [1.82, 2.24) is 5.32 Å². The molecule has 1 saturated carbocycles. The van der Waals surface area contributed by atoms with Crippen molar-refractivity contribution in [2.45, 2.75) is 38.8 Å². The van der Waals surface area contributed by atoms with Crippen molar-refractivity contribution in [3.8, 4) is 0 Å². The second-order valence-corrected chi connectivity index (χ2v) is 5.24. The van der Waals surface area contributed by atoms with Gasteiger partial charge in [-0.1, -0.05) is 50.6 Å². The van der Waals surface area contributed by atoms with E-state index in [1.807, 2.05) is 37.3 Å². The van der Waals surface area contributed by atoms with Crippen molar-refractivity contribution in [2.24, 2.45) is 17.6 Å². The highest BCUT2D eigenvalue weighted by atomic mass is 16.2. The molecule has 3 N–H and O–H groups in total. The molecule has 3 nitrogen and oxygen atoms in total. The van der Waals surface area contributed by atoms with E-state index in [1.165, 1.54) is 0 Å². The summed E-state index contributed by atoms with van der Waals surface area (Å²) in [6.45, 7) is 4.06. The monoisotopic (exact) mass is 246 g/mol. The molecule has 0 radical (unpaired) electrons. The van der Waals surface area contributed by atoms with Crippen molar-refractivity contribution in [3.05, 3.63) is 35.9 Å². The maximum atomic E-state index is 12.1. The van der Waals surface area contributed by atoms with E-state index in [9.17, 15) is 4.79 Å². The van der Waals surface area contributed by atoms with Crippen LogP contribution in [0.15, 0.2) is 30.3 Å². The van der Waals surface area contributed by atoms with Gasteiger partial charge in [0.1, 0.15) is 0 Å². The highest BCUT2D eigenvalue weighted by molar-refractivity contribution is 5.79. The average Bonchev–Trinajstić information content (AvgIpc) is 3.16. The number of benzene rings is 1. The molecule has 0 bridgehead atoms. The maximum absolute atomic E-state index is 12.1. The Kier molecular flexibility index (Phi) is 4.02. The lowest BCUT2D eigenvalue weighted by Gasteiger charge is -2.19. The van der Waals surface area contributed by atoms with Crippen molar-refractivity contribution < 1.29 is 4.79 Å². The van der Waals surface area contributed by atoms with E-state index >= 15 is 0 Å². The first kappa shape index (κ1) is 13.1. The summed E-state index contributed by atoms with van der Waals surface area (Å²) < 4.78 is 0. The molecule has 98 valence electrons. The van der Waals surface area contributed by atoms with Crippen LogP contribution >= 0.6 is 0 Å². The predicted molar refractivity (Wildman–Crippen MR) is 72.9 cm³/mol. The van der Waals surface area contributed by atoms with E-state index in [-0.39, 0.29) is 17.9 Å². The van der Waals surface area contributed by atoms with Gasteiger partial charge in [-0.15, -0.1) is 0 Å². The van der Waals surface area contributed by atoms with Gasteiger partial charge in [-0.2, -0.15) is 0 Å². The van der Waals surface area contributed by atoms with Crippen LogP contribution in [0.1, 0.15) is 38.3 Å². The number of rotatable bonds is 5. The van der Waals surface area contributed by atoms with Gasteiger partial charge < -0.3 is 11.1 Å². The Bertz CT molecular complexity index is 404. The Balaban J connectivity index is 1.90. The normalized spacial score (nSPS) is 25.3. The summed E-state index contributed by atoms with van der Waals surface area (Å²) in [6.07, 6.45) is 2.26. The van der Waals surface area contributed by atoms with Crippen molar-refractivity contribution >= 4 is 5.91 Å². The molecule has 4 atom stereocenters. The molecule has 18 heavy (non-hydrogen) atoms. The number of amides is 1. The fourth-order valence-corrected chi connectivity index (χ4v) is 2.32. The zero-order valence-corrected chi connectivity index (χ0v) is 11.1. The van der Waals surface area contributed by atoms with Crippen LogP contribution in [0.2, 0.25) is 0 Å². The molecule has 0 saturated heterocycles. The number of nitrogens with two attached hydrogens (primary N) is 1. The minimum Gasteiger partial charge on any atom is -0.353 e. The van der Waals surface area contributed by atoms with E-state index in [1.54, 1.807) is 0 Å². The van der Waals surface area contributed by atoms with Crippen LogP contribution in [0, 0.1) is 11.8 Å². The summed E-state index contributed by atoms with van der Waals surface area (Å²) in [7, 11) is 0. The van der Waals surface area contributed by atoms with Crippen molar-refractivity contribution in [2.75, 3.05) is 0 Å². The molecule has 1 aliphatic rings. The molecule has 2 rings (SSSR count). The van der Waals surface area contributed by atoms with Crippen LogP contribution in [0.5, 0.6) is 0 Å². The largest absolute Gasteiger partial charge is 0.353 e. The van der Waals surface area contributed by atoms with Gasteiger partial charge in [0.25, 0.3) is 0 Å². The van der Waals surface area contributed by atoms with Crippen LogP contribution in [0.25, 0.3) is 0 Å². The van der Waals surface area contributed by atoms with E-state index in [0.717, 1.165) is 18.4 Å². The number of hydrogen-bond donors (Lipinski definition) is 2. The van der Waals surface area contributed by atoms with Crippen LogP contribution in [0.4, 0.5) is 0 Å². The fourth-order valence-electron chi connectivity index (χ4n) is 2.32. The summed E-state index contributed by atoms with van der Waals surface area (Å²) >= 11 is 0. The van der Waals surface area contributed by atoms with Gasteiger partial charge in [0.15, 0.2) is 0 Å². The topological polar surface area (TPSA) is 55.1 Å². The van der Waals surface area contributed by atoms with Gasteiger partial charge in [-0.25, -0.2) is 0 Å². The summed E-state index contributed by atoms with van der Waals surface area (Å²) in [4.78, 5) is 12.1. The highest BCUT2D eigenvalue weighted by Gasteiger charge is 2.37. The summed E-state index contributed by atoms with van der Waals surface area (Å²) in [6, 6.07) is 9.96. The van der Waals surface area contributed by atoms with Crippen LogP contribution in [-0.4, -0.2) is 11.9 Å². The molecule has 1 fully saturated rings. The Morgan fingerprint density at radius 1 is 1.44 bits per heavy atom. The van der Waals surface area contributed by atoms with Gasteiger partial charge in [0.05, 0.1) is 5.92 Å². The third-order valence-corrected chi connectivity index (χ3v) is 3.91. The highest BCUT2D eigenvalue weighted by Crippen LogP contribution is 2.33. The van der Waals surface area contributed by atoms with Crippen LogP contribution < -0.4 is 11.1 Å². The third-order valence-electron chi connectivity index (χ3n) is 3.91. The Morgan fingerprint density at radius 2 is 2.11 bits per heavy atom. The van der Waals surface area contributed by atoms with Gasteiger partial charge in [0.2, 0.25) is 5.91 Å². The predicted octanol–water partition coefficient (Wildman–Crippen LogP) is 2.24. The zero-order chi connectivity index (χ0) is 13.1. The lowest BCUT2D eigenvalue weighted by Crippen LogP contribution is -2.37. The summed E-state index contributed by atoms with van der Waals surface area (Å²) in [5, 5.41) is 3.09. The summed E-state index contributed by atoms with van der Waals surface area (Å²) in [5.41, 5.74) is 7.16. The van der Waals surface area contributed by atoms with E-state index in [2.05, 4.69) is 12.2 Å². The standard InChI is InChI=1S/C15H22N2O/c1-3-11-9-13(11)17-15(18)10(2)14(16)12-7-5-4-6-8-12/h4-8,10-11,13-14H,3,9,16H2,1-2H3,(H,17,18). The molecule has 1 aliphatic carbocycles. The molecule has 4 unspecified atom stereocenters. The number of carbonyl (C=O) groups excluding carboxylic acids is 1. The van der Waals surface area contributed by atoms with Crippen molar-refractivity contribution in [1.29, 1.82) is 0 Å². The first-order valence-corrected chi connectivity index (χ1v) is 6.74. The zero-order valence-electron chi connectivity index (χ0n) is 11.1. The first-order chi connectivity index (χ1) is 8.63. The van der Waals surface area contributed by atoms with Gasteiger partial charge in [-0.3, -0.25) is 4.79 Å². The number of carbonyl (C=O) groups is 1. The average molecular weight is 246 g/mol. The van der Waals surface area contributed by atoms with E-state index in [4.69, 9.17) is 5.73 Å². The van der Waals surface area contributed by atoms with E-state index < -0.39 is 0 Å². The van der Waals surface area contributed by atoms with E-state index in [0.29, 0.717) is 12.0 Å². The maximum Gasteiger partial charge on any atom is 0.224 e. The Labute approximate surface area is 109 Å². The molecule has 0 spiro atoms. The van der Waals surface area contributed by atoms with Gasteiger partial charge in [0, 0.05) is 12.1 Å². The molecule has 1 aromatic carbocycles. The Hall–Kier alpha value is -1.35. The molecule has 1 amide bonds. The van der Waals surface area contributed by atoms with Crippen LogP contribution in [0.3, 0.4) is 0 Å². The molecular formula is C15H22N2O. The molecule has 1 aromatic rings. The number of nitrogens with one attached hydrogen (secondary N) is 1.